The number of fused-ring (bicyclic) bond motifs is 3. The van der Waals surface area contributed by atoms with Gasteiger partial charge in [0.1, 0.15) is 9.86 Å². The molecule has 1 N–H and O–H groups in total. The van der Waals surface area contributed by atoms with Gasteiger partial charge in [-0.2, -0.15) is 0 Å². The van der Waals surface area contributed by atoms with Gasteiger partial charge >= 0.3 is 0 Å². The number of aromatic nitrogens is 2. The van der Waals surface area contributed by atoms with Crippen LogP contribution in [0.5, 0.6) is 0 Å². The van der Waals surface area contributed by atoms with Crippen LogP contribution in [0, 0.1) is 0 Å². The number of rotatable bonds is 7. The number of aromatic amines is 1. The highest BCUT2D eigenvalue weighted by Crippen LogP contribution is 2.41. The molecule has 3 aromatic carbocycles. The van der Waals surface area contributed by atoms with E-state index in [1.54, 1.807) is 24.6 Å². The van der Waals surface area contributed by atoms with Gasteiger partial charge < -0.3 is 9.88 Å². The first-order valence-electron chi connectivity index (χ1n) is 12.6. The Hall–Kier alpha value is -3.98. The molecule has 6 nitrogen and oxygen atoms in total. The maximum atomic E-state index is 13.3. The van der Waals surface area contributed by atoms with Crippen molar-refractivity contribution in [2.24, 2.45) is 0 Å². The summed E-state index contributed by atoms with van der Waals surface area (Å²) in [4.78, 5) is 10.4. The number of sulfonamides is 1. The van der Waals surface area contributed by atoms with Crippen LogP contribution < -0.4 is 4.31 Å². The van der Waals surface area contributed by atoms with Crippen LogP contribution in [0.25, 0.3) is 44.2 Å². The molecule has 0 fully saturated rings. The lowest BCUT2D eigenvalue weighted by molar-refractivity contribution is 0.402. The molecule has 8 heteroatoms. The van der Waals surface area contributed by atoms with Gasteiger partial charge in [-0.25, -0.2) is 13.4 Å². The maximum absolute atomic E-state index is 13.3. The summed E-state index contributed by atoms with van der Waals surface area (Å²) in [6.45, 7) is 0.839. The molecule has 0 unspecified atom stereocenters. The van der Waals surface area contributed by atoms with E-state index >= 15 is 0 Å². The Morgan fingerprint density at radius 2 is 1.67 bits per heavy atom. The topological polar surface area (TPSA) is 69.3 Å². The van der Waals surface area contributed by atoms with Crippen molar-refractivity contribution in [1.29, 1.82) is 0 Å². The Morgan fingerprint density at radius 3 is 2.41 bits per heavy atom. The number of hydrogen-bond acceptors (Lipinski definition) is 5. The molecule has 3 aromatic heterocycles. The lowest BCUT2D eigenvalue weighted by atomic mass is 9.92. The average molecular weight is 553 g/mol. The Kier molecular flexibility index (Phi) is 6.46. The zero-order chi connectivity index (χ0) is 27.1. The number of hydrogen-bond donors (Lipinski definition) is 1. The molecule has 3 heterocycles. The van der Waals surface area contributed by atoms with Crippen LogP contribution in [-0.2, 0) is 16.6 Å². The second-order valence-corrected chi connectivity index (χ2v) is 13.0. The van der Waals surface area contributed by atoms with Gasteiger partial charge in [0.05, 0.1) is 5.69 Å². The summed E-state index contributed by atoms with van der Waals surface area (Å²) >= 11 is 1.22. The molecule has 0 amide bonds. The van der Waals surface area contributed by atoms with Crippen LogP contribution in [0.1, 0.15) is 5.56 Å². The van der Waals surface area contributed by atoms with Crippen molar-refractivity contribution < 1.29 is 8.42 Å². The van der Waals surface area contributed by atoms with Crippen LogP contribution >= 0.6 is 11.3 Å². The minimum absolute atomic E-state index is 0.315. The largest absolute Gasteiger partial charge is 0.339 e. The van der Waals surface area contributed by atoms with Crippen molar-refractivity contribution >= 4 is 49.0 Å². The predicted octanol–water partition coefficient (Wildman–Crippen LogP) is 7.00. The molecule has 0 atom stereocenters. The van der Waals surface area contributed by atoms with Crippen molar-refractivity contribution in [2.45, 2.75) is 10.8 Å². The zero-order valence-electron chi connectivity index (χ0n) is 21.9. The summed E-state index contributed by atoms with van der Waals surface area (Å²) in [6.07, 6.45) is 1.93. The summed E-state index contributed by atoms with van der Waals surface area (Å²) < 4.78 is 28.2. The third-order valence-electron chi connectivity index (χ3n) is 6.88. The Balaban J connectivity index is 1.60. The first-order chi connectivity index (χ1) is 18.8. The van der Waals surface area contributed by atoms with Gasteiger partial charge in [-0.05, 0) is 66.5 Å². The molecule has 39 heavy (non-hydrogen) atoms. The molecule has 6 aromatic rings. The number of anilines is 1. The Labute approximate surface area is 232 Å². The lowest BCUT2D eigenvalue weighted by Gasteiger charge is -2.19. The second kappa shape index (κ2) is 9.96. The van der Waals surface area contributed by atoms with E-state index in [1.165, 1.54) is 21.2 Å². The molecule has 0 saturated carbocycles. The summed E-state index contributed by atoms with van der Waals surface area (Å²) in [5, 5.41) is 3.67. The summed E-state index contributed by atoms with van der Waals surface area (Å²) in [7, 11) is 2.07. The first-order valence-corrected chi connectivity index (χ1v) is 14.9. The lowest BCUT2D eigenvalue weighted by Crippen LogP contribution is -2.25. The highest BCUT2D eigenvalue weighted by molar-refractivity contribution is 7.94. The third kappa shape index (κ3) is 4.61. The Morgan fingerprint density at radius 1 is 0.872 bits per heavy atom. The molecule has 0 bridgehead atoms. The minimum atomic E-state index is -3.66. The smallest absolute Gasteiger partial charge is 0.273 e. The first kappa shape index (κ1) is 25.3. The van der Waals surface area contributed by atoms with Crippen molar-refractivity contribution in [1.82, 2.24) is 14.9 Å². The minimum Gasteiger partial charge on any atom is -0.339 e. The van der Waals surface area contributed by atoms with Crippen LogP contribution in [-0.4, -0.2) is 44.4 Å². The molecule has 0 aliphatic heterocycles. The molecule has 196 valence electrons. The van der Waals surface area contributed by atoms with E-state index in [9.17, 15) is 8.42 Å². The summed E-state index contributed by atoms with van der Waals surface area (Å²) in [5.41, 5.74) is 7.73. The highest BCUT2D eigenvalue weighted by atomic mass is 32.2. The average Bonchev–Trinajstić information content (AvgIpc) is 3.61. The van der Waals surface area contributed by atoms with Crippen molar-refractivity contribution in [3.63, 3.8) is 0 Å². The maximum Gasteiger partial charge on any atom is 0.273 e. The third-order valence-corrected chi connectivity index (χ3v) is 10.0. The summed E-state index contributed by atoms with van der Waals surface area (Å²) in [5.74, 6) is 0. The number of nitrogens with one attached hydrogen (secondary N) is 1. The van der Waals surface area contributed by atoms with Gasteiger partial charge in [0, 0.05) is 47.2 Å². The fraction of sp³-hybridized carbons (Fsp3) is 0.129. The van der Waals surface area contributed by atoms with Gasteiger partial charge in [-0.1, -0.05) is 54.6 Å². The zero-order valence-corrected chi connectivity index (χ0v) is 23.6. The standard InChI is InChI=1S/C31H28N4O2S2/c1-34(2)20-21-9-7-12-23(17-21)26-19-32-31-30(29(26)22-10-5-4-6-11-22)25-18-24(14-15-27(25)33-31)35(3)39(36,37)28-13-8-16-38-28/h4-19H,20H2,1-3H3,(H,32,33). The van der Waals surface area contributed by atoms with E-state index in [-0.39, 0.29) is 0 Å². The molecule has 0 saturated heterocycles. The van der Waals surface area contributed by atoms with E-state index in [2.05, 4.69) is 60.4 Å². The molecule has 0 spiro atoms. The second-order valence-electron chi connectivity index (χ2n) is 9.83. The number of thiophene rings is 1. The van der Waals surface area contributed by atoms with E-state index in [4.69, 9.17) is 4.98 Å². The van der Waals surface area contributed by atoms with Gasteiger partial charge in [0.2, 0.25) is 0 Å². The SMILES string of the molecule is CN(C)Cc1cccc(-c2cnc3[nH]c4ccc(N(C)S(=O)(=O)c5cccs5)cc4c3c2-c2ccccc2)c1. The summed E-state index contributed by atoms with van der Waals surface area (Å²) in [6, 6.07) is 28.0. The van der Waals surface area contributed by atoms with Gasteiger partial charge in [0.15, 0.2) is 0 Å². The van der Waals surface area contributed by atoms with Crippen molar-refractivity contribution in [3.05, 3.63) is 102 Å². The van der Waals surface area contributed by atoms with E-state index in [1.807, 2.05) is 42.6 Å². The van der Waals surface area contributed by atoms with Crippen LogP contribution in [0.15, 0.2) is 101 Å². The number of benzene rings is 3. The van der Waals surface area contributed by atoms with Crippen LogP contribution in [0.4, 0.5) is 5.69 Å². The fourth-order valence-corrected chi connectivity index (χ4v) is 7.40. The number of H-pyrrole nitrogens is 1. The van der Waals surface area contributed by atoms with E-state index < -0.39 is 10.0 Å². The highest BCUT2D eigenvalue weighted by Gasteiger charge is 2.24. The molecule has 0 aliphatic rings. The molecular formula is C31H28N4O2S2. The fourth-order valence-electron chi connectivity index (χ4n) is 5.05. The van der Waals surface area contributed by atoms with Gasteiger partial charge in [-0.3, -0.25) is 4.31 Å². The predicted molar refractivity (Wildman–Crippen MR) is 162 cm³/mol. The quantitative estimate of drug-likeness (QED) is 0.232. The van der Waals surface area contributed by atoms with Crippen molar-refractivity contribution in [3.8, 4) is 22.3 Å². The van der Waals surface area contributed by atoms with Gasteiger partial charge in [0.25, 0.3) is 10.0 Å². The van der Waals surface area contributed by atoms with Crippen LogP contribution in [0.3, 0.4) is 0 Å². The molecule has 6 rings (SSSR count). The molecular weight excluding hydrogens is 525 g/mol. The van der Waals surface area contributed by atoms with Crippen LogP contribution in [0.2, 0.25) is 0 Å². The molecule has 0 radical (unpaired) electrons. The van der Waals surface area contributed by atoms with E-state index in [0.717, 1.165) is 50.7 Å². The van der Waals surface area contributed by atoms with Gasteiger partial charge in [-0.15, -0.1) is 11.3 Å². The number of nitrogens with zero attached hydrogens (tertiary/aromatic N) is 3. The normalized spacial score (nSPS) is 12.0. The van der Waals surface area contributed by atoms with Crippen molar-refractivity contribution in [2.75, 3.05) is 25.4 Å². The number of pyridine rings is 1. The van der Waals surface area contributed by atoms with E-state index in [0.29, 0.717) is 9.90 Å². The Bertz CT molecular complexity index is 1890. The molecule has 0 aliphatic carbocycles. The monoisotopic (exact) mass is 552 g/mol.